The molecule has 0 aliphatic carbocycles. The summed E-state index contributed by atoms with van der Waals surface area (Å²) in [6, 6.07) is 6.59. The van der Waals surface area contributed by atoms with E-state index in [0.29, 0.717) is 18.4 Å². The van der Waals surface area contributed by atoms with Crippen LogP contribution in [-0.2, 0) is 10.4 Å². The predicted molar refractivity (Wildman–Crippen MR) is 72.6 cm³/mol. The summed E-state index contributed by atoms with van der Waals surface area (Å²) in [5, 5.41) is 33.0. The molecule has 6 nitrogen and oxygen atoms in total. The van der Waals surface area contributed by atoms with Crippen LogP contribution in [0, 0.1) is 0 Å². The molecule has 2 rings (SSSR count). The highest BCUT2D eigenvalue weighted by Crippen LogP contribution is 2.31. The number of aliphatic hydroxyl groups excluding tert-OH is 2. The van der Waals surface area contributed by atoms with Crippen molar-refractivity contribution in [2.45, 2.75) is 30.7 Å². The summed E-state index contributed by atoms with van der Waals surface area (Å²) >= 11 is 0. The highest BCUT2D eigenvalue weighted by Gasteiger charge is 2.31. The second kappa shape index (κ2) is 5.88. The Hall–Kier alpha value is -1.47. The Bertz CT molecular complexity index is 469. The van der Waals surface area contributed by atoms with Gasteiger partial charge in [-0.15, -0.1) is 0 Å². The lowest BCUT2D eigenvalue weighted by Gasteiger charge is -2.33. The highest BCUT2D eigenvalue weighted by atomic mass is 16.3. The number of nitrogens with one attached hydrogen (secondary N) is 1. The molecule has 2 unspecified atom stereocenters. The normalized spacial score (nSPS) is 21.1. The molecule has 0 spiro atoms. The van der Waals surface area contributed by atoms with Crippen molar-refractivity contribution in [3.63, 3.8) is 0 Å². The smallest absolute Gasteiger partial charge is 0.249 e. The molecule has 0 bridgehead atoms. The monoisotopic (exact) mass is 280 g/mol. The van der Waals surface area contributed by atoms with Crippen LogP contribution < -0.4 is 11.1 Å². The summed E-state index contributed by atoms with van der Waals surface area (Å²) in [6.45, 7) is 1.50. The van der Waals surface area contributed by atoms with E-state index in [1.54, 1.807) is 24.3 Å². The Balaban J connectivity index is 2.15. The first-order valence-corrected chi connectivity index (χ1v) is 6.63. The SMILES string of the molecule is NC(=O)C(O)C(O)c1ccc(C2(O)CCNCC2)cc1. The molecule has 1 aliphatic rings. The van der Waals surface area contributed by atoms with Crippen LogP contribution in [0.3, 0.4) is 0 Å². The van der Waals surface area contributed by atoms with Crippen LogP contribution in [0.4, 0.5) is 0 Å². The lowest BCUT2D eigenvalue weighted by atomic mass is 9.84. The van der Waals surface area contributed by atoms with Gasteiger partial charge in [-0.05, 0) is 37.1 Å². The zero-order valence-corrected chi connectivity index (χ0v) is 11.1. The number of piperidine rings is 1. The summed E-state index contributed by atoms with van der Waals surface area (Å²) in [5.74, 6) is -0.974. The van der Waals surface area contributed by atoms with Gasteiger partial charge in [0.1, 0.15) is 6.10 Å². The molecule has 6 N–H and O–H groups in total. The Morgan fingerprint density at radius 1 is 1.20 bits per heavy atom. The van der Waals surface area contributed by atoms with Crippen LogP contribution in [-0.4, -0.2) is 40.4 Å². The molecule has 6 heteroatoms. The fourth-order valence-corrected chi connectivity index (χ4v) is 2.46. The fraction of sp³-hybridized carbons (Fsp3) is 0.500. The summed E-state index contributed by atoms with van der Waals surface area (Å²) in [4.78, 5) is 10.8. The van der Waals surface area contributed by atoms with Gasteiger partial charge in [-0.1, -0.05) is 24.3 Å². The average molecular weight is 280 g/mol. The van der Waals surface area contributed by atoms with Crippen molar-refractivity contribution < 1.29 is 20.1 Å². The Morgan fingerprint density at radius 2 is 1.75 bits per heavy atom. The molecule has 0 aromatic heterocycles. The number of hydrogen-bond acceptors (Lipinski definition) is 5. The number of carbonyl (C=O) groups excluding carboxylic acids is 1. The van der Waals surface area contributed by atoms with E-state index in [0.717, 1.165) is 18.7 Å². The zero-order chi connectivity index (χ0) is 14.8. The van der Waals surface area contributed by atoms with E-state index in [2.05, 4.69) is 5.32 Å². The van der Waals surface area contributed by atoms with Gasteiger partial charge in [0.25, 0.3) is 0 Å². The molecule has 1 aromatic carbocycles. The molecule has 2 atom stereocenters. The van der Waals surface area contributed by atoms with Gasteiger partial charge in [0.15, 0.2) is 6.10 Å². The van der Waals surface area contributed by atoms with Crippen molar-refractivity contribution >= 4 is 5.91 Å². The van der Waals surface area contributed by atoms with Crippen molar-refractivity contribution in [1.82, 2.24) is 5.32 Å². The molecule has 1 saturated heterocycles. The third-order valence-corrected chi connectivity index (χ3v) is 3.81. The minimum Gasteiger partial charge on any atom is -0.385 e. The van der Waals surface area contributed by atoms with E-state index in [1.807, 2.05) is 0 Å². The van der Waals surface area contributed by atoms with Gasteiger partial charge in [-0.2, -0.15) is 0 Å². The largest absolute Gasteiger partial charge is 0.385 e. The Morgan fingerprint density at radius 3 is 2.25 bits per heavy atom. The van der Waals surface area contributed by atoms with E-state index in [-0.39, 0.29) is 0 Å². The van der Waals surface area contributed by atoms with E-state index in [9.17, 15) is 20.1 Å². The minimum atomic E-state index is -1.64. The topological polar surface area (TPSA) is 116 Å². The summed E-state index contributed by atoms with van der Waals surface area (Å²) in [6.07, 6.45) is -1.75. The lowest BCUT2D eigenvalue weighted by molar-refractivity contribution is -0.131. The van der Waals surface area contributed by atoms with E-state index < -0.39 is 23.7 Å². The quantitative estimate of drug-likeness (QED) is 0.492. The second-order valence-electron chi connectivity index (χ2n) is 5.20. The number of nitrogens with two attached hydrogens (primary N) is 1. The second-order valence-corrected chi connectivity index (χ2v) is 5.20. The highest BCUT2D eigenvalue weighted by molar-refractivity contribution is 5.79. The summed E-state index contributed by atoms with van der Waals surface area (Å²) < 4.78 is 0. The van der Waals surface area contributed by atoms with Gasteiger partial charge in [0.2, 0.25) is 5.91 Å². The van der Waals surface area contributed by atoms with Crippen molar-refractivity contribution in [3.8, 4) is 0 Å². The van der Waals surface area contributed by atoms with Crippen LogP contribution in [0.1, 0.15) is 30.1 Å². The molecule has 0 saturated carbocycles. The minimum absolute atomic E-state index is 0.387. The van der Waals surface area contributed by atoms with Crippen LogP contribution in [0.15, 0.2) is 24.3 Å². The van der Waals surface area contributed by atoms with Crippen LogP contribution in [0.5, 0.6) is 0 Å². The number of primary amides is 1. The molecule has 1 amide bonds. The molecule has 0 radical (unpaired) electrons. The van der Waals surface area contributed by atoms with E-state index in [1.165, 1.54) is 0 Å². The first kappa shape index (κ1) is 14.9. The summed E-state index contributed by atoms with van der Waals surface area (Å²) in [7, 11) is 0. The first-order valence-electron chi connectivity index (χ1n) is 6.63. The Labute approximate surface area is 117 Å². The third kappa shape index (κ3) is 2.99. The molecule has 1 aliphatic heterocycles. The molecular formula is C14H20N2O4. The molecular weight excluding hydrogens is 260 g/mol. The number of amides is 1. The molecule has 20 heavy (non-hydrogen) atoms. The maximum absolute atomic E-state index is 10.8. The number of benzene rings is 1. The number of rotatable bonds is 4. The van der Waals surface area contributed by atoms with Gasteiger partial charge >= 0.3 is 0 Å². The maximum Gasteiger partial charge on any atom is 0.249 e. The Kier molecular flexibility index (Phi) is 4.39. The van der Waals surface area contributed by atoms with Crippen molar-refractivity contribution in [2.75, 3.05) is 13.1 Å². The molecule has 1 aromatic rings. The third-order valence-electron chi connectivity index (χ3n) is 3.81. The van der Waals surface area contributed by atoms with Crippen LogP contribution in [0.2, 0.25) is 0 Å². The fourth-order valence-electron chi connectivity index (χ4n) is 2.46. The zero-order valence-electron chi connectivity index (χ0n) is 11.1. The van der Waals surface area contributed by atoms with Gasteiger partial charge < -0.3 is 26.4 Å². The van der Waals surface area contributed by atoms with Crippen molar-refractivity contribution in [1.29, 1.82) is 0 Å². The van der Waals surface area contributed by atoms with Gasteiger partial charge in [0, 0.05) is 0 Å². The standard InChI is InChI=1S/C14H20N2O4/c15-13(19)12(18)11(17)9-1-3-10(4-2-9)14(20)5-7-16-8-6-14/h1-4,11-12,16-18,20H,5-8H2,(H2,15,19). The van der Waals surface area contributed by atoms with Gasteiger partial charge in [0.05, 0.1) is 5.60 Å². The number of aliphatic hydroxyl groups is 3. The first-order chi connectivity index (χ1) is 9.44. The number of hydrogen-bond donors (Lipinski definition) is 5. The van der Waals surface area contributed by atoms with Crippen LogP contribution in [0.25, 0.3) is 0 Å². The average Bonchev–Trinajstić information content (AvgIpc) is 2.46. The van der Waals surface area contributed by atoms with Gasteiger partial charge in [-0.3, -0.25) is 4.79 Å². The summed E-state index contributed by atoms with van der Waals surface area (Å²) in [5.41, 5.74) is 5.24. The molecule has 1 fully saturated rings. The lowest BCUT2D eigenvalue weighted by Crippen LogP contribution is -2.39. The predicted octanol–water partition coefficient (Wildman–Crippen LogP) is -0.863. The van der Waals surface area contributed by atoms with Crippen molar-refractivity contribution in [3.05, 3.63) is 35.4 Å². The number of carbonyl (C=O) groups is 1. The van der Waals surface area contributed by atoms with E-state index >= 15 is 0 Å². The van der Waals surface area contributed by atoms with Gasteiger partial charge in [-0.25, -0.2) is 0 Å². The maximum atomic E-state index is 10.8. The molecule has 1 heterocycles. The molecule has 110 valence electrons. The van der Waals surface area contributed by atoms with Crippen molar-refractivity contribution in [2.24, 2.45) is 5.73 Å². The van der Waals surface area contributed by atoms with E-state index in [4.69, 9.17) is 5.73 Å². The van der Waals surface area contributed by atoms with Crippen LogP contribution >= 0.6 is 0 Å².